The van der Waals surface area contributed by atoms with Crippen LogP contribution < -0.4 is 20.9 Å². The van der Waals surface area contributed by atoms with Crippen LogP contribution >= 0.6 is 12.2 Å². The van der Waals surface area contributed by atoms with E-state index in [2.05, 4.69) is 30.0 Å². The Morgan fingerprint density at radius 3 is 2.73 bits per heavy atom. The molecule has 6 heteroatoms. The second-order valence-corrected chi connectivity index (χ2v) is 6.31. The maximum atomic E-state index is 11.8. The molecule has 1 aliphatic rings. The van der Waals surface area contributed by atoms with Gasteiger partial charge in [0.2, 0.25) is 0 Å². The average molecular weight is 321 g/mol. The molecule has 0 aliphatic heterocycles. The number of hydrogen-bond acceptors (Lipinski definition) is 3. The number of hydrogen-bond donors (Lipinski definition) is 3. The van der Waals surface area contributed by atoms with Gasteiger partial charge in [-0.05, 0) is 55.1 Å². The highest BCUT2D eigenvalue weighted by Gasteiger charge is 2.21. The largest absolute Gasteiger partial charge is 0.483 e. The van der Waals surface area contributed by atoms with Crippen molar-refractivity contribution in [3.8, 4) is 5.75 Å². The van der Waals surface area contributed by atoms with Crippen LogP contribution in [0.5, 0.6) is 5.75 Å². The molecular formula is C16H23N3O2S. The summed E-state index contributed by atoms with van der Waals surface area (Å²) in [7, 11) is 0. The molecule has 120 valence electrons. The first kappa shape index (κ1) is 16.5. The third kappa shape index (κ3) is 5.18. The lowest BCUT2D eigenvalue weighted by Gasteiger charge is -2.15. The van der Waals surface area contributed by atoms with E-state index in [-0.39, 0.29) is 12.5 Å². The molecule has 1 saturated carbocycles. The highest BCUT2D eigenvalue weighted by molar-refractivity contribution is 7.80. The molecule has 22 heavy (non-hydrogen) atoms. The second-order valence-electron chi connectivity index (χ2n) is 5.91. The summed E-state index contributed by atoms with van der Waals surface area (Å²) in [5.41, 5.74) is 7.41. The van der Waals surface area contributed by atoms with E-state index in [1.165, 1.54) is 0 Å². The van der Waals surface area contributed by atoms with Gasteiger partial charge >= 0.3 is 0 Å². The van der Waals surface area contributed by atoms with Crippen molar-refractivity contribution in [2.24, 2.45) is 0 Å². The van der Waals surface area contributed by atoms with Crippen molar-refractivity contribution >= 4 is 23.2 Å². The van der Waals surface area contributed by atoms with Gasteiger partial charge in [-0.2, -0.15) is 0 Å². The lowest BCUT2D eigenvalue weighted by Crippen LogP contribution is -2.48. The summed E-state index contributed by atoms with van der Waals surface area (Å²) in [6.45, 7) is 6.14. The van der Waals surface area contributed by atoms with E-state index in [1.807, 2.05) is 25.1 Å². The fourth-order valence-corrected chi connectivity index (χ4v) is 2.22. The molecule has 1 aromatic carbocycles. The Morgan fingerprint density at radius 2 is 2.09 bits per heavy atom. The molecule has 0 radical (unpaired) electrons. The first-order chi connectivity index (χ1) is 10.5. The predicted octanol–water partition coefficient (Wildman–Crippen LogP) is 2.15. The smallest absolute Gasteiger partial charge is 0.276 e. The SMILES string of the molecule is Cc1ccc(C(C)C)c(OCC(=O)NNC(=S)NC2CC2)c1. The van der Waals surface area contributed by atoms with Gasteiger partial charge in [-0.25, -0.2) is 0 Å². The number of thiocarbonyl (C=S) groups is 1. The summed E-state index contributed by atoms with van der Waals surface area (Å²) in [5.74, 6) is 0.826. The van der Waals surface area contributed by atoms with Crippen molar-refractivity contribution in [3.05, 3.63) is 29.3 Å². The van der Waals surface area contributed by atoms with E-state index < -0.39 is 0 Å². The van der Waals surface area contributed by atoms with E-state index in [1.54, 1.807) is 0 Å². The minimum atomic E-state index is -0.267. The maximum Gasteiger partial charge on any atom is 0.276 e. The summed E-state index contributed by atoms with van der Waals surface area (Å²) in [6, 6.07) is 6.50. The standard InChI is InChI=1S/C16H23N3O2S/c1-10(2)13-7-4-11(3)8-14(13)21-9-15(20)18-19-16(22)17-12-5-6-12/h4,7-8,10,12H,5-6,9H2,1-3H3,(H,18,20)(H2,17,19,22). The number of rotatable bonds is 5. The topological polar surface area (TPSA) is 62.4 Å². The first-order valence-electron chi connectivity index (χ1n) is 7.54. The Kier molecular flexibility index (Phi) is 5.60. The molecule has 0 aromatic heterocycles. The molecule has 1 fully saturated rings. The number of benzene rings is 1. The molecule has 0 bridgehead atoms. The molecule has 0 heterocycles. The summed E-state index contributed by atoms with van der Waals surface area (Å²) >= 11 is 5.06. The summed E-state index contributed by atoms with van der Waals surface area (Å²) < 4.78 is 5.65. The van der Waals surface area contributed by atoms with Crippen molar-refractivity contribution in [2.75, 3.05) is 6.61 Å². The lowest BCUT2D eigenvalue weighted by atomic mass is 10.0. The van der Waals surface area contributed by atoms with Gasteiger partial charge in [0, 0.05) is 6.04 Å². The molecule has 0 spiro atoms. The third-order valence-corrected chi connectivity index (χ3v) is 3.60. The first-order valence-corrected chi connectivity index (χ1v) is 7.95. The number of nitrogens with one attached hydrogen (secondary N) is 3. The number of amides is 1. The van der Waals surface area contributed by atoms with Crippen LogP contribution in [0.3, 0.4) is 0 Å². The Bertz CT molecular complexity index is 556. The third-order valence-electron chi connectivity index (χ3n) is 3.38. The van der Waals surface area contributed by atoms with Crippen molar-refractivity contribution in [1.29, 1.82) is 0 Å². The normalized spacial score (nSPS) is 13.6. The summed E-state index contributed by atoms with van der Waals surface area (Å²) in [4.78, 5) is 11.8. The monoisotopic (exact) mass is 321 g/mol. The zero-order valence-electron chi connectivity index (χ0n) is 13.2. The van der Waals surface area contributed by atoms with Gasteiger partial charge in [0.25, 0.3) is 5.91 Å². The summed E-state index contributed by atoms with van der Waals surface area (Å²) in [6.07, 6.45) is 2.26. The maximum absolute atomic E-state index is 11.8. The minimum Gasteiger partial charge on any atom is -0.483 e. The highest BCUT2D eigenvalue weighted by Crippen LogP contribution is 2.27. The Balaban J connectivity index is 1.80. The fraction of sp³-hybridized carbons (Fsp3) is 0.500. The van der Waals surface area contributed by atoms with Crippen LogP contribution in [0, 0.1) is 6.92 Å². The van der Waals surface area contributed by atoms with Gasteiger partial charge < -0.3 is 10.1 Å². The molecule has 3 N–H and O–H groups in total. The fourth-order valence-electron chi connectivity index (χ4n) is 2.00. The van der Waals surface area contributed by atoms with Crippen LogP contribution in [0.2, 0.25) is 0 Å². The number of aryl methyl sites for hydroxylation is 1. The van der Waals surface area contributed by atoms with Crippen LogP contribution in [0.15, 0.2) is 18.2 Å². The number of carbonyl (C=O) groups excluding carboxylic acids is 1. The van der Waals surface area contributed by atoms with E-state index in [4.69, 9.17) is 17.0 Å². The van der Waals surface area contributed by atoms with Crippen LogP contribution in [-0.4, -0.2) is 23.7 Å². The van der Waals surface area contributed by atoms with E-state index in [0.29, 0.717) is 17.1 Å². The highest BCUT2D eigenvalue weighted by atomic mass is 32.1. The summed E-state index contributed by atoms with van der Waals surface area (Å²) in [5, 5.41) is 3.52. The molecule has 0 unspecified atom stereocenters. The predicted molar refractivity (Wildman–Crippen MR) is 90.8 cm³/mol. The van der Waals surface area contributed by atoms with Crippen LogP contribution in [0.25, 0.3) is 0 Å². The van der Waals surface area contributed by atoms with Gasteiger partial charge in [0.05, 0.1) is 0 Å². The van der Waals surface area contributed by atoms with Crippen molar-refractivity contribution in [3.63, 3.8) is 0 Å². The zero-order valence-corrected chi connectivity index (χ0v) is 14.0. The van der Waals surface area contributed by atoms with Gasteiger partial charge in [0.1, 0.15) is 5.75 Å². The molecule has 1 aromatic rings. The van der Waals surface area contributed by atoms with E-state index in [0.717, 1.165) is 29.7 Å². The molecule has 1 amide bonds. The van der Waals surface area contributed by atoms with E-state index >= 15 is 0 Å². The van der Waals surface area contributed by atoms with Gasteiger partial charge in [-0.15, -0.1) is 0 Å². The quantitative estimate of drug-likeness (QED) is 0.573. The lowest BCUT2D eigenvalue weighted by molar-refractivity contribution is -0.123. The van der Waals surface area contributed by atoms with E-state index in [9.17, 15) is 4.79 Å². The van der Waals surface area contributed by atoms with Crippen molar-refractivity contribution in [1.82, 2.24) is 16.2 Å². The number of hydrazine groups is 1. The number of ether oxygens (including phenoxy) is 1. The van der Waals surface area contributed by atoms with Gasteiger partial charge in [-0.3, -0.25) is 15.6 Å². The molecule has 0 saturated heterocycles. The van der Waals surface area contributed by atoms with Crippen LogP contribution in [0.1, 0.15) is 43.7 Å². The van der Waals surface area contributed by atoms with Gasteiger partial charge in [0.15, 0.2) is 11.7 Å². The molecular weight excluding hydrogens is 298 g/mol. The average Bonchev–Trinajstić information content (AvgIpc) is 3.26. The van der Waals surface area contributed by atoms with Crippen molar-refractivity contribution < 1.29 is 9.53 Å². The Hall–Kier alpha value is -1.82. The molecule has 5 nitrogen and oxygen atoms in total. The number of carbonyl (C=O) groups is 1. The van der Waals surface area contributed by atoms with Crippen LogP contribution in [-0.2, 0) is 4.79 Å². The molecule has 1 aliphatic carbocycles. The Labute approximate surface area is 136 Å². The van der Waals surface area contributed by atoms with Crippen LogP contribution in [0.4, 0.5) is 0 Å². The zero-order chi connectivity index (χ0) is 16.1. The van der Waals surface area contributed by atoms with Crippen molar-refractivity contribution in [2.45, 2.75) is 45.6 Å². The molecule has 0 atom stereocenters. The Morgan fingerprint density at radius 1 is 1.36 bits per heavy atom. The molecule has 2 rings (SSSR count). The second kappa shape index (κ2) is 7.45. The van der Waals surface area contributed by atoms with Gasteiger partial charge in [-0.1, -0.05) is 26.0 Å². The minimum absolute atomic E-state index is 0.0534.